The second-order valence-electron chi connectivity index (χ2n) is 12.6. The van der Waals surface area contributed by atoms with Gasteiger partial charge in [-0.15, -0.1) is 0 Å². The number of amides is 1. The van der Waals surface area contributed by atoms with Crippen molar-refractivity contribution in [1.29, 1.82) is 0 Å². The van der Waals surface area contributed by atoms with Crippen molar-refractivity contribution in [2.24, 2.45) is 7.05 Å². The second-order valence-corrected chi connectivity index (χ2v) is 12.6. The predicted molar refractivity (Wildman–Crippen MR) is 166 cm³/mol. The van der Waals surface area contributed by atoms with Gasteiger partial charge in [0.15, 0.2) is 5.78 Å². The Labute approximate surface area is 261 Å². The molecule has 3 heterocycles. The molecule has 1 saturated carbocycles. The number of rotatable bonds is 9. The largest absolute Gasteiger partial charge is 0.496 e. The molecule has 3 aliphatic rings. The maximum absolute atomic E-state index is 15.8. The van der Waals surface area contributed by atoms with Gasteiger partial charge in [-0.1, -0.05) is 12.1 Å². The Hall–Kier alpha value is -4.31. The van der Waals surface area contributed by atoms with E-state index in [4.69, 9.17) is 9.47 Å². The molecule has 0 N–H and O–H groups in total. The van der Waals surface area contributed by atoms with E-state index in [1.807, 2.05) is 41.3 Å². The van der Waals surface area contributed by atoms with Crippen LogP contribution < -0.4 is 15.0 Å². The number of aromatic nitrogens is 1. The maximum Gasteiger partial charge on any atom is 0.255 e. The molecule has 6 rings (SSSR count). The lowest BCUT2D eigenvalue weighted by molar-refractivity contribution is -0.133. The molecule has 9 nitrogen and oxygen atoms in total. The minimum atomic E-state index is -1.36. The summed E-state index contributed by atoms with van der Waals surface area (Å²) in [5.41, 5.74) is 4.09. The van der Waals surface area contributed by atoms with Crippen molar-refractivity contribution in [2.45, 2.75) is 63.8 Å². The molecular formula is C35H38FN3O6. The molecule has 1 aliphatic carbocycles. The first-order chi connectivity index (χ1) is 21.5. The molecular weight excluding hydrogens is 577 g/mol. The zero-order chi connectivity index (χ0) is 32.0. The van der Waals surface area contributed by atoms with Crippen LogP contribution in [-0.2, 0) is 36.1 Å². The van der Waals surface area contributed by atoms with E-state index in [2.05, 4.69) is 0 Å². The number of ketones is 2. The van der Waals surface area contributed by atoms with Gasteiger partial charge in [0.2, 0.25) is 0 Å². The van der Waals surface area contributed by atoms with Crippen molar-refractivity contribution < 1.29 is 28.2 Å². The van der Waals surface area contributed by atoms with E-state index in [9.17, 15) is 19.2 Å². The lowest BCUT2D eigenvalue weighted by atomic mass is 9.88. The van der Waals surface area contributed by atoms with Crippen molar-refractivity contribution in [3.8, 4) is 22.6 Å². The molecule has 0 radical (unpaired) electrons. The topological polar surface area (TPSA) is 98.2 Å². The quantitative estimate of drug-likeness (QED) is 0.333. The summed E-state index contributed by atoms with van der Waals surface area (Å²) in [5, 5.41) is 0. The highest BCUT2D eigenvalue weighted by atomic mass is 19.1. The number of pyridine rings is 1. The maximum atomic E-state index is 15.8. The predicted octanol–water partition coefficient (Wildman–Crippen LogP) is 4.18. The van der Waals surface area contributed by atoms with Crippen LogP contribution in [0.25, 0.3) is 11.1 Å². The van der Waals surface area contributed by atoms with E-state index in [1.54, 1.807) is 43.9 Å². The molecule has 1 unspecified atom stereocenters. The summed E-state index contributed by atoms with van der Waals surface area (Å²) in [5.74, 6) is 0.815. The highest BCUT2D eigenvalue weighted by Gasteiger charge is 2.44. The fourth-order valence-electron chi connectivity index (χ4n) is 6.93. The number of ether oxygens (including phenoxy) is 2. The Balaban J connectivity index is 1.09. The molecule has 0 spiro atoms. The van der Waals surface area contributed by atoms with Gasteiger partial charge in [0.05, 0.1) is 32.2 Å². The van der Waals surface area contributed by atoms with E-state index in [1.165, 1.54) is 0 Å². The van der Waals surface area contributed by atoms with Crippen molar-refractivity contribution in [1.82, 2.24) is 14.4 Å². The number of halogens is 1. The van der Waals surface area contributed by atoms with Gasteiger partial charge in [0, 0.05) is 57.0 Å². The third-order valence-electron chi connectivity index (χ3n) is 9.38. The smallest absolute Gasteiger partial charge is 0.255 e. The van der Waals surface area contributed by atoms with Gasteiger partial charge in [0.25, 0.3) is 11.5 Å². The number of carbonyl (C=O) groups excluding carboxylic acids is 3. The molecule has 2 aliphatic heterocycles. The van der Waals surface area contributed by atoms with Crippen LogP contribution in [0.4, 0.5) is 4.39 Å². The molecule has 1 atom stereocenters. The SMILES string of the molecule is COc1cc(-c2cc(C)c(=O)n(C)c2)cc(OC)c1CN1CC(F)(CCc2ccc3c(c2)C(=O)N(C2CCC(=O)CC2=O)C3)C1. The third kappa shape index (κ3) is 5.91. The first-order valence-electron chi connectivity index (χ1n) is 15.3. The number of methoxy groups -OCH3 is 2. The molecule has 2 fully saturated rings. The Bertz CT molecular complexity index is 1710. The van der Waals surface area contributed by atoms with E-state index < -0.39 is 11.7 Å². The van der Waals surface area contributed by atoms with Crippen LogP contribution in [0.2, 0.25) is 0 Å². The monoisotopic (exact) mass is 615 g/mol. The number of benzene rings is 2. The summed E-state index contributed by atoms with van der Waals surface area (Å²) in [7, 11) is 4.91. The van der Waals surface area contributed by atoms with Crippen LogP contribution in [0.3, 0.4) is 0 Å². The number of likely N-dealkylation sites (tertiary alicyclic amines) is 1. The number of nitrogens with zero attached hydrogens (tertiary/aromatic N) is 3. The average Bonchev–Trinajstić information content (AvgIpc) is 3.32. The average molecular weight is 616 g/mol. The van der Waals surface area contributed by atoms with Crippen LogP contribution in [0, 0.1) is 6.92 Å². The van der Waals surface area contributed by atoms with E-state index >= 15 is 4.39 Å². The van der Waals surface area contributed by atoms with E-state index in [0.717, 1.165) is 27.8 Å². The number of alkyl halides is 1. The second kappa shape index (κ2) is 11.9. The fraction of sp³-hybridized carbons (Fsp3) is 0.429. The van der Waals surface area contributed by atoms with Crippen molar-refractivity contribution in [3.63, 3.8) is 0 Å². The van der Waals surface area contributed by atoms with Crippen LogP contribution in [0.15, 0.2) is 47.4 Å². The summed E-state index contributed by atoms with van der Waals surface area (Å²) in [6.07, 6.45) is 3.18. The first kappa shape index (κ1) is 30.7. The molecule has 10 heteroatoms. The summed E-state index contributed by atoms with van der Waals surface area (Å²) >= 11 is 0. The van der Waals surface area contributed by atoms with Gasteiger partial charge < -0.3 is 18.9 Å². The minimum Gasteiger partial charge on any atom is -0.496 e. The molecule has 45 heavy (non-hydrogen) atoms. The molecule has 236 valence electrons. The number of hydrogen-bond acceptors (Lipinski definition) is 7. The van der Waals surface area contributed by atoms with Gasteiger partial charge in [-0.25, -0.2) is 4.39 Å². The number of aryl methyl sites for hydroxylation is 3. The number of fused-ring (bicyclic) bond motifs is 1. The summed E-state index contributed by atoms with van der Waals surface area (Å²) < 4.78 is 28.8. The standard InChI is InChI=1S/C35H38FN3O6/c1-21-11-25(16-37(2)33(21)42)24-13-31(44-3)28(32(14-24)45-4)18-38-19-35(36,20-38)10-9-22-5-6-23-17-39(34(43)27(23)12-22)29-8-7-26(40)15-30(29)41/h5-6,11-14,16,29H,7-10,15,17-20H2,1-4H3. The molecule has 3 aromatic rings. The zero-order valence-electron chi connectivity index (χ0n) is 26.2. The van der Waals surface area contributed by atoms with Gasteiger partial charge in [-0.05, 0) is 72.7 Å². The number of Topliss-reactive ketones (excluding diaryl/α,β-unsaturated/α-hetero) is 2. The first-order valence-corrected chi connectivity index (χ1v) is 15.3. The lowest BCUT2D eigenvalue weighted by Gasteiger charge is -2.45. The third-order valence-corrected chi connectivity index (χ3v) is 9.38. The van der Waals surface area contributed by atoms with E-state index in [0.29, 0.717) is 61.4 Å². The van der Waals surface area contributed by atoms with Gasteiger partial charge in [-0.3, -0.25) is 24.1 Å². The van der Waals surface area contributed by atoms with E-state index in [-0.39, 0.29) is 42.5 Å². The van der Waals surface area contributed by atoms with Gasteiger partial charge in [-0.2, -0.15) is 0 Å². The van der Waals surface area contributed by atoms with Crippen molar-refractivity contribution in [2.75, 3.05) is 27.3 Å². The Morgan fingerprint density at radius 3 is 2.33 bits per heavy atom. The van der Waals surface area contributed by atoms with Crippen LogP contribution in [0.5, 0.6) is 11.5 Å². The van der Waals surface area contributed by atoms with Gasteiger partial charge >= 0.3 is 0 Å². The molecule has 1 saturated heterocycles. The lowest BCUT2D eigenvalue weighted by Crippen LogP contribution is -2.58. The summed E-state index contributed by atoms with van der Waals surface area (Å²) in [6.45, 7) is 3.13. The zero-order valence-corrected chi connectivity index (χ0v) is 26.2. The van der Waals surface area contributed by atoms with Crippen molar-refractivity contribution >= 4 is 17.5 Å². The molecule has 1 amide bonds. The van der Waals surface area contributed by atoms with Crippen LogP contribution in [0.1, 0.15) is 58.3 Å². The summed E-state index contributed by atoms with van der Waals surface area (Å²) in [4.78, 5) is 53.1. The highest BCUT2D eigenvalue weighted by Crippen LogP contribution is 2.39. The van der Waals surface area contributed by atoms with Gasteiger partial charge in [0.1, 0.15) is 23.0 Å². The molecule has 2 aromatic carbocycles. The number of carbonyl (C=O) groups is 3. The normalized spacial score (nSPS) is 19.4. The molecule has 0 bridgehead atoms. The van der Waals surface area contributed by atoms with Crippen LogP contribution >= 0.6 is 0 Å². The highest BCUT2D eigenvalue weighted by molar-refractivity contribution is 6.07. The Kier molecular flexibility index (Phi) is 8.11. The fourth-order valence-corrected chi connectivity index (χ4v) is 6.93. The molecule has 1 aromatic heterocycles. The minimum absolute atomic E-state index is 0.0508. The Morgan fingerprint density at radius 1 is 0.978 bits per heavy atom. The summed E-state index contributed by atoms with van der Waals surface area (Å²) in [6, 6.07) is 10.8. The number of hydrogen-bond donors (Lipinski definition) is 0. The van der Waals surface area contributed by atoms with Crippen LogP contribution in [-0.4, -0.2) is 70.9 Å². The Morgan fingerprint density at radius 2 is 1.69 bits per heavy atom. The van der Waals surface area contributed by atoms with Crippen molar-refractivity contribution in [3.05, 3.63) is 80.8 Å².